The van der Waals surface area contributed by atoms with E-state index in [4.69, 9.17) is 18.9 Å². The summed E-state index contributed by atoms with van der Waals surface area (Å²) in [5, 5.41) is 14.4. The highest BCUT2D eigenvalue weighted by Gasteiger charge is 2.80. The summed E-state index contributed by atoms with van der Waals surface area (Å²) in [6.07, 6.45) is 8.37. The number of H-pyrrole nitrogens is 1. The van der Waals surface area contributed by atoms with E-state index in [0.29, 0.717) is 50.1 Å². The molecule has 9 rings (SSSR count). The van der Waals surface area contributed by atoms with Gasteiger partial charge in [-0.05, 0) is 73.9 Å². The lowest BCUT2D eigenvalue weighted by atomic mass is 9.47. The van der Waals surface area contributed by atoms with E-state index in [1.807, 2.05) is 31.0 Å². The number of nitrogens with one attached hydrogen (secondary N) is 1. The Balaban J connectivity index is 1.38. The zero-order valence-corrected chi connectivity index (χ0v) is 36.6. The van der Waals surface area contributed by atoms with Crippen LogP contribution in [0, 0.1) is 11.3 Å². The average molecular weight is 872 g/mol. The minimum absolute atomic E-state index is 0.00947. The molecule has 1 saturated carbocycles. The van der Waals surface area contributed by atoms with E-state index in [-0.39, 0.29) is 12.0 Å². The first-order valence-electron chi connectivity index (χ1n) is 20.9. The van der Waals surface area contributed by atoms with Gasteiger partial charge in [-0.25, -0.2) is 4.79 Å². The molecule has 2 bridgehead atoms. The van der Waals surface area contributed by atoms with Gasteiger partial charge in [0.1, 0.15) is 11.2 Å². The molecule has 1 saturated heterocycles. The van der Waals surface area contributed by atoms with E-state index < -0.39 is 51.9 Å². The second-order valence-corrected chi connectivity index (χ2v) is 18.6. The van der Waals surface area contributed by atoms with Crippen LogP contribution >= 0.6 is 15.9 Å². The second-order valence-electron chi connectivity index (χ2n) is 17.6. The van der Waals surface area contributed by atoms with Crippen LogP contribution in [0.1, 0.15) is 68.8 Å². The van der Waals surface area contributed by atoms with E-state index in [9.17, 15) is 14.7 Å². The number of aromatic amines is 1. The molecule has 314 valence electrons. The van der Waals surface area contributed by atoms with Gasteiger partial charge < -0.3 is 33.9 Å². The number of fused-ring (bicyclic) bond motifs is 6. The lowest BCUT2D eigenvalue weighted by Crippen LogP contribution is -2.81. The van der Waals surface area contributed by atoms with Crippen molar-refractivity contribution in [1.29, 1.82) is 0 Å². The Morgan fingerprint density at radius 3 is 2.49 bits per heavy atom. The molecule has 6 heterocycles. The predicted octanol–water partition coefficient (Wildman–Crippen LogP) is 5.56. The van der Waals surface area contributed by atoms with Gasteiger partial charge in [0.2, 0.25) is 5.60 Å². The largest absolute Gasteiger partial charge is 0.496 e. The number of halogens is 1. The molecule has 2 fully saturated rings. The van der Waals surface area contributed by atoms with Crippen LogP contribution in [-0.4, -0.2) is 123 Å². The highest BCUT2D eigenvalue weighted by Crippen LogP contribution is 2.68. The number of rotatable bonds is 7. The molecule has 3 aromatic rings. The summed E-state index contributed by atoms with van der Waals surface area (Å²) in [5.41, 5.74) is 0.968. The van der Waals surface area contributed by atoms with Crippen molar-refractivity contribution < 1.29 is 38.4 Å². The molecule has 1 spiro atoms. The molecule has 2 N–H and O–H groups in total. The Kier molecular flexibility index (Phi) is 9.69. The van der Waals surface area contributed by atoms with Crippen molar-refractivity contribution in [2.75, 3.05) is 66.0 Å². The van der Waals surface area contributed by atoms with Crippen LogP contribution in [0.3, 0.4) is 0 Å². The van der Waals surface area contributed by atoms with Crippen molar-refractivity contribution in [3.05, 3.63) is 81.0 Å². The predicted molar refractivity (Wildman–Crippen MR) is 227 cm³/mol. The molecule has 6 aliphatic rings. The fraction of sp³-hybridized carbons (Fsp3) is 0.543. The first-order valence-corrected chi connectivity index (χ1v) is 21.7. The summed E-state index contributed by atoms with van der Waals surface area (Å²) in [5.74, 6) is -1.34. The van der Waals surface area contributed by atoms with Crippen LogP contribution < -0.4 is 9.64 Å². The van der Waals surface area contributed by atoms with Crippen molar-refractivity contribution >= 4 is 50.4 Å². The number of methoxy groups -OCH3 is 3. The minimum Gasteiger partial charge on any atom is -0.496 e. The number of aliphatic hydroxyl groups is 1. The van der Waals surface area contributed by atoms with Crippen LogP contribution in [0.15, 0.2) is 58.6 Å². The Morgan fingerprint density at radius 2 is 1.80 bits per heavy atom. The first kappa shape index (κ1) is 40.2. The number of ether oxygens (including phenoxy) is 4. The van der Waals surface area contributed by atoms with Gasteiger partial charge >= 0.3 is 17.9 Å². The van der Waals surface area contributed by atoms with Crippen molar-refractivity contribution in [2.45, 2.75) is 87.5 Å². The maximum absolute atomic E-state index is 15.3. The summed E-state index contributed by atoms with van der Waals surface area (Å²) in [4.78, 5) is 53.4. The zero-order valence-electron chi connectivity index (χ0n) is 35.0. The zero-order chi connectivity index (χ0) is 41.8. The lowest BCUT2D eigenvalue weighted by Gasteiger charge is -2.63. The number of aromatic nitrogens is 1. The number of likely N-dealkylation sites (N-methyl/N-ethyl adjacent to an activating group) is 1. The van der Waals surface area contributed by atoms with Crippen LogP contribution in [0.5, 0.6) is 5.75 Å². The molecule has 1 aromatic heterocycles. The first-order chi connectivity index (χ1) is 28.3. The number of nitrogens with zero attached hydrogens (tertiary/aromatic N) is 3. The van der Waals surface area contributed by atoms with Crippen LogP contribution in [0.2, 0.25) is 0 Å². The fourth-order valence-electron chi connectivity index (χ4n) is 13.1. The summed E-state index contributed by atoms with van der Waals surface area (Å²) >= 11 is 3.69. The third-order valence-corrected chi connectivity index (χ3v) is 15.6. The van der Waals surface area contributed by atoms with Gasteiger partial charge in [0.05, 0.1) is 27.4 Å². The topological polar surface area (TPSA) is 134 Å². The van der Waals surface area contributed by atoms with Gasteiger partial charge in [-0.2, -0.15) is 0 Å². The number of hydrogen-bond acceptors (Lipinski definition) is 11. The highest BCUT2D eigenvalue weighted by atomic mass is 79.9. The molecule has 1 aliphatic carbocycles. The van der Waals surface area contributed by atoms with Gasteiger partial charge in [0, 0.05) is 95.4 Å². The Labute approximate surface area is 354 Å². The molecule has 59 heavy (non-hydrogen) atoms. The lowest BCUT2D eigenvalue weighted by molar-refractivity contribution is -0.228. The second kappa shape index (κ2) is 14.2. The van der Waals surface area contributed by atoms with Crippen molar-refractivity contribution in [3.63, 3.8) is 0 Å². The van der Waals surface area contributed by atoms with E-state index in [1.54, 1.807) is 7.11 Å². The molecular weight excluding hydrogens is 816 g/mol. The molecular formula is C46H55BrN4O8. The third-order valence-electron chi connectivity index (χ3n) is 15.1. The highest BCUT2D eigenvalue weighted by molar-refractivity contribution is 9.10. The van der Waals surface area contributed by atoms with E-state index in [1.165, 1.54) is 26.7 Å². The summed E-state index contributed by atoms with van der Waals surface area (Å²) in [7, 11) is 6.24. The van der Waals surface area contributed by atoms with Gasteiger partial charge in [-0.15, -0.1) is 0 Å². The fourth-order valence-corrected chi connectivity index (χ4v) is 13.4. The van der Waals surface area contributed by atoms with Gasteiger partial charge in [-0.1, -0.05) is 59.6 Å². The van der Waals surface area contributed by atoms with E-state index in [2.05, 4.69) is 74.1 Å². The molecule has 12 nitrogen and oxygen atoms in total. The minimum atomic E-state index is -2.28. The molecule has 0 radical (unpaired) electrons. The summed E-state index contributed by atoms with van der Waals surface area (Å²) in [6, 6.07) is 9.15. The smallest absolute Gasteiger partial charge is 0.344 e. The van der Waals surface area contributed by atoms with Crippen LogP contribution in [0.25, 0.3) is 10.9 Å². The van der Waals surface area contributed by atoms with Gasteiger partial charge in [0.25, 0.3) is 0 Å². The Bertz CT molecular complexity index is 2320. The summed E-state index contributed by atoms with van der Waals surface area (Å²) in [6.45, 7) is 9.39. The Morgan fingerprint density at radius 1 is 1.02 bits per heavy atom. The third kappa shape index (κ3) is 5.32. The number of carbonyl (C=O) groups excluding carboxylic acids is 3. The van der Waals surface area contributed by atoms with Crippen molar-refractivity contribution in [3.8, 4) is 5.75 Å². The van der Waals surface area contributed by atoms with E-state index in [0.717, 1.165) is 63.9 Å². The van der Waals surface area contributed by atoms with Crippen LogP contribution in [-0.2, 0) is 45.8 Å². The average Bonchev–Trinajstić information content (AvgIpc) is 3.89. The van der Waals surface area contributed by atoms with Crippen LogP contribution in [0.4, 0.5) is 5.69 Å². The molecule has 2 aromatic carbocycles. The molecule has 13 heteroatoms. The number of esters is 3. The maximum Gasteiger partial charge on any atom is 0.344 e. The summed E-state index contributed by atoms with van der Waals surface area (Å²) < 4.78 is 24.9. The van der Waals surface area contributed by atoms with Gasteiger partial charge in [0.15, 0.2) is 6.10 Å². The number of anilines is 1. The standard InChI is InChI=1S/C46H55BrN4O8/c1-8-27-19-28-23-45(41(53)57-6,37-31(13-17-50(24-27)25-28)30-12-11-29(47)20-34(30)48-37)33-21-32-35(22-36(33)56-5)49(4)39-44(32)15-18-51-16-10-14-43(9-2,38(44)51)40(59-26(3)52)46(39,55)42(54)58-7/h10-12,14,19-22,28,38-40,48,55H,8-9,13,15-18,23-25H2,1-7H3. The number of carbonyl (C=O) groups is 3. The SMILES string of the molecule is CCC1=CC2CN(CCc3c([nH]c4cc(Br)ccc34)C(C(=O)OC)(c3cc4c(cc3OC)N(C)C3C(O)(C(=O)OC)C(OC(C)=O)C5(CC)C=CCN6CCC43C65)C2)C1. The molecule has 5 aliphatic heterocycles. The molecule has 0 amide bonds. The monoisotopic (exact) mass is 870 g/mol. The normalized spacial score (nSPS) is 34.4. The Hall–Kier alpha value is -4.17. The van der Waals surface area contributed by atoms with E-state index >= 15 is 4.79 Å². The maximum atomic E-state index is 15.3. The van der Waals surface area contributed by atoms with Gasteiger partial charge in [-0.3, -0.25) is 19.4 Å². The van der Waals surface area contributed by atoms with Crippen molar-refractivity contribution in [1.82, 2.24) is 14.8 Å². The molecule has 9 atom stereocenters. The van der Waals surface area contributed by atoms with Crippen molar-refractivity contribution in [2.24, 2.45) is 11.3 Å². The number of benzene rings is 2. The number of hydrogen-bond donors (Lipinski definition) is 2. The quantitative estimate of drug-likeness (QED) is 0.176. The molecule has 9 unspecified atom stereocenters.